The fraction of sp³-hybridized carbons (Fsp3) is 0.333. The van der Waals surface area contributed by atoms with Crippen LogP contribution in [-0.4, -0.2) is 29.7 Å². The van der Waals surface area contributed by atoms with Crippen LogP contribution in [0.1, 0.15) is 30.1 Å². The van der Waals surface area contributed by atoms with Gasteiger partial charge in [-0.1, -0.05) is 6.07 Å². The molecule has 1 aliphatic heterocycles. The van der Waals surface area contributed by atoms with E-state index in [4.69, 9.17) is 11.5 Å². The summed E-state index contributed by atoms with van der Waals surface area (Å²) in [5, 5.41) is 0. The average molecular weight is 272 g/mol. The topological polar surface area (TPSA) is 84.7 Å². The van der Waals surface area contributed by atoms with Crippen LogP contribution in [0.5, 0.6) is 0 Å². The molecule has 0 spiro atoms. The number of aliphatic imine (C=N–C) groups is 1. The predicted octanol–water partition coefficient (Wildman–Crippen LogP) is 1.77. The van der Waals surface area contributed by atoms with E-state index in [2.05, 4.69) is 4.99 Å². The van der Waals surface area contributed by atoms with Gasteiger partial charge in [-0.2, -0.15) is 0 Å². The van der Waals surface area contributed by atoms with Crippen molar-refractivity contribution in [3.63, 3.8) is 0 Å². The molecule has 1 aromatic rings. The first-order valence-corrected chi connectivity index (χ1v) is 6.74. The molecule has 20 heavy (non-hydrogen) atoms. The Morgan fingerprint density at radius 1 is 1.35 bits per heavy atom. The summed E-state index contributed by atoms with van der Waals surface area (Å²) in [7, 11) is 0. The standard InChI is InChI=1S/C15H20N4O/c1-11(10-16)14(17)18-13-6-4-5-12(9-13)15(20)19-7-2-3-8-19/h4-6,9-10H,2-3,7-8,16H2,1H3,(H2,17,18). The highest BCUT2D eigenvalue weighted by molar-refractivity contribution is 5.99. The largest absolute Gasteiger partial charge is 0.404 e. The molecule has 4 N–H and O–H groups in total. The zero-order valence-corrected chi connectivity index (χ0v) is 11.7. The minimum absolute atomic E-state index is 0.0595. The summed E-state index contributed by atoms with van der Waals surface area (Å²) in [6, 6.07) is 7.20. The number of amides is 1. The van der Waals surface area contributed by atoms with Gasteiger partial charge in [-0.15, -0.1) is 0 Å². The van der Waals surface area contributed by atoms with Crippen LogP contribution in [0.25, 0.3) is 0 Å². The molecule has 1 aromatic carbocycles. The van der Waals surface area contributed by atoms with Crippen LogP contribution in [0, 0.1) is 0 Å². The lowest BCUT2D eigenvalue weighted by Gasteiger charge is -2.15. The van der Waals surface area contributed by atoms with Crippen LogP contribution in [0.2, 0.25) is 0 Å². The Bertz CT molecular complexity index is 557. The van der Waals surface area contributed by atoms with Crippen LogP contribution in [0.15, 0.2) is 41.0 Å². The Morgan fingerprint density at radius 3 is 2.70 bits per heavy atom. The summed E-state index contributed by atoms with van der Waals surface area (Å²) in [6.07, 6.45) is 3.58. The minimum Gasteiger partial charge on any atom is -0.404 e. The first-order chi connectivity index (χ1) is 9.61. The molecule has 1 heterocycles. The van der Waals surface area contributed by atoms with Gasteiger partial charge in [0.25, 0.3) is 5.91 Å². The smallest absolute Gasteiger partial charge is 0.253 e. The van der Waals surface area contributed by atoms with Crippen LogP contribution >= 0.6 is 0 Å². The maximum Gasteiger partial charge on any atom is 0.253 e. The summed E-state index contributed by atoms with van der Waals surface area (Å²) < 4.78 is 0. The quantitative estimate of drug-likeness (QED) is 0.649. The maximum atomic E-state index is 12.3. The fourth-order valence-electron chi connectivity index (χ4n) is 2.12. The second kappa shape index (κ2) is 6.23. The summed E-state index contributed by atoms with van der Waals surface area (Å²) in [4.78, 5) is 18.4. The highest BCUT2D eigenvalue weighted by Crippen LogP contribution is 2.18. The van der Waals surface area contributed by atoms with Crippen LogP contribution in [0.3, 0.4) is 0 Å². The van der Waals surface area contributed by atoms with Crippen molar-refractivity contribution in [3.05, 3.63) is 41.6 Å². The second-order valence-electron chi connectivity index (χ2n) is 4.90. The number of rotatable bonds is 3. The molecule has 1 fully saturated rings. The third-order valence-corrected chi connectivity index (χ3v) is 3.39. The van der Waals surface area contributed by atoms with E-state index < -0.39 is 0 Å². The van der Waals surface area contributed by atoms with Gasteiger partial charge in [-0.25, -0.2) is 4.99 Å². The Labute approximate surface area is 119 Å². The summed E-state index contributed by atoms with van der Waals surface area (Å²) >= 11 is 0. The first kappa shape index (κ1) is 14.1. The van der Waals surface area contributed by atoms with E-state index in [1.54, 1.807) is 13.0 Å². The van der Waals surface area contributed by atoms with Gasteiger partial charge in [-0.05, 0) is 38.0 Å². The van der Waals surface area contributed by atoms with Crippen molar-refractivity contribution in [3.8, 4) is 0 Å². The lowest BCUT2D eigenvalue weighted by Crippen LogP contribution is -2.27. The van der Waals surface area contributed by atoms with Crippen molar-refractivity contribution in [1.29, 1.82) is 0 Å². The van der Waals surface area contributed by atoms with E-state index in [0.29, 0.717) is 22.7 Å². The molecule has 5 heteroatoms. The van der Waals surface area contributed by atoms with Crippen molar-refractivity contribution in [2.45, 2.75) is 19.8 Å². The van der Waals surface area contributed by atoms with Gasteiger partial charge >= 0.3 is 0 Å². The van der Waals surface area contributed by atoms with Gasteiger partial charge in [0, 0.05) is 30.4 Å². The van der Waals surface area contributed by atoms with Crippen molar-refractivity contribution in [1.82, 2.24) is 4.90 Å². The number of nitrogens with two attached hydrogens (primary N) is 2. The molecule has 1 amide bonds. The number of hydrogen-bond acceptors (Lipinski definition) is 3. The van der Waals surface area contributed by atoms with E-state index in [-0.39, 0.29) is 5.91 Å². The van der Waals surface area contributed by atoms with Gasteiger partial charge < -0.3 is 16.4 Å². The molecule has 1 saturated heterocycles. The van der Waals surface area contributed by atoms with Crippen molar-refractivity contribution < 1.29 is 4.79 Å². The molecule has 0 bridgehead atoms. The first-order valence-electron chi connectivity index (χ1n) is 6.74. The van der Waals surface area contributed by atoms with E-state index in [1.807, 2.05) is 23.1 Å². The molecular weight excluding hydrogens is 252 g/mol. The van der Waals surface area contributed by atoms with Gasteiger partial charge in [-0.3, -0.25) is 4.79 Å². The lowest BCUT2D eigenvalue weighted by molar-refractivity contribution is 0.0793. The summed E-state index contributed by atoms with van der Waals surface area (Å²) in [5.41, 5.74) is 13.2. The van der Waals surface area contributed by atoms with E-state index >= 15 is 0 Å². The zero-order chi connectivity index (χ0) is 14.5. The van der Waals surface area contributed by atoms with Crippen molar-refractivity contribution in [2.24, 2.45) is 16.5 Å². The number of likely N-dealkylation sites (tertiary alicyclic amines) is 1. The van der Waals surface area contributed by atoms with E-state index in [9.17, 15) is 4.79 Å². The Hall–Kier alpha value is -2.30. The molecule has 0 atom stereocenters. The third kappa shape index (κ3) is 3.17. The van der Waals surface area contributed by atoms with E-state index in [0.717, 1.165) is 25.9 Å². The molecule has 1 aliphatic rings. The Morgan fingerprint density at radius 2 is 2.05 bits per heavy atom. The van der Waals surface area contributed by atoms with Crippen molar-refractivity contribution in [2.75, 3.05) is 13.1 Å². The van der Waals surface area contributed by atoms with Crippen LogP contribution in [0.4, 0.5) is 5.69 Å². The molecule has 0 saturated carbocycles. The molecule has 0 aliphatic carbocycles. The molecule has 0 unspecified atom stereocenters. The normalized spacial score (nSPS) is 16.6. The molecule has 0 aromatic heterocycles. The molecule has 2 rings (SSSR count). The number of benzene rings is 1. The van der Waals surface area contributed by atoms with Gasteiger partial charge in [0.2, 0.25) is 0 Å². The number of amidine groups is 1. The van der Waals surface area contributed by atoms with Crippen molar-refractivity contribution >= 4 is 17.4 Å². The number of hydrogen-bond donors (Lipinski definition) is 2. The second-order valence-corrected chi connectivity index (χ2v) is 4.90. The number of nitrogens with zero attached hydrogens (tertiary/aromatic N) is 2. The van der Waals surface area contributed by atoms with Crippen LogP contribution < -0.4 is 11.5 Å². The van der Waals surface area contributed by atoms with Crippen LogP contribution in [-0.2, 0) is 0 Å². The summed E-state index contributed by atoms with van der Waals surface area (Å²) in [5.74, 6) is 0.419. The SMILES string of the molecule is CC(=CN)C(N)=Nc1cccc(C(=O)N2CCCC2)c1. The molecule has 5 nitrogen and oxygen atoms in total. The zero-order valence-electron chi connectivity index (χ0n) is 11.7. The fourth-order valence-corrected chi connectivity index (χ4v) is 2.12. The monoisotopic (exact) mass is 272 g/mol. The molecule has 106 valence electrons. The highest BCUT2D eigenvalue weighted by Gasteiger charge is 2.19. The van der Waals surface area contributed by atoms with E-state index in [1.165, 1.54) is 6.20 Å². The third-order valence-electron chi connectivity index (χ3n) is 3.39. The predicted molar refractivity (Wildman–Crippen MR) is 80.8 cm³/mol. The number of carbonyl (C=O) groups is 1. The Kier molecular flexibility index (Phi) is 4.40. The summed E-state index contributed by atoms with van der Waals surface area (Å²) in [6.45, 7) is 3.46. The maximum absolute atomic E-state index is 12.3. The molecular formula is C15H20N4O. The minimum atomic E-state index is 0.0595. The lowest BCUT2D eigenvalue weighted by atomic mass is 10.1. The number of carbonyl (C=O) groups excluding carboxylic acids is 1. The van der Waals surface area contributed by atoms with Gasteiger partial charge in [0.05, 0.1) is 5.69 Å². The highest BCUT2D eigenvalue weighted by atomic mass is 16.2. The Balaban J connectivity index is 2.21. The van der Waals surface area contributed by atoms with Gasteiger partial charge in [0.15, 0.2) is 0 Å². The molecule has 0 radical (unpaired) electrons. The average Bonchev–Trinajstić information content (AvgIpc) is 3.00. The van der Waals surface area contributed by atoms with Gasteiger partial charge in [0.1, 0.15) is 5.84 Å².